The van der Waals surface area contributed by atoms with Crippen molar-refractivity contribution < 1.29 is 41.4 Å². The number of nitrogens with zero attached hydrogens (tertiary/aromatic N) is 4. The molecule has 47 heavy (non-hydrogen) atoms. The monoisotopic (exact) mass is 670 g/mol. The maximum atomic E-state index is 15.9. The van der Waals surface area contributed by atoms with Crippen molar-refractivity contribution in [3.8, 4) is 27.4 Å². The van der Waals surface area contributed by atoms with E-state index in [0.29, 0.717) is 16.0 Å². The van der Waals surface area contributed by atoms with Gasteiger partial charge < -0.3 is 19.1 Å². The second kappa shape index (κ2) is 11.4. The number of hydrogen-bond acceptors (Lipinski definition) is 9. The predicted molar refractivity (Wildman–Crippen MR) is 161 cm³/mol. The van der Waals surface area contributed by atoms with Gasteiger partial charge in [0.15, 0.2) is 17.3 Å². The average Bonchev–Trinajstić information content (AvgIpc) is 3.50. The first-order valence-corrected chi connectivity index (χ1v) is 15.5. The molecule has 2 aliphatic heterocycles. The SMILES string of the molecule is COC(=O)OCOc1c2n(ccc1=O)N([C@@H]1c3ccccc3-c3scnc3-c3c1ccc(F)c3F)[C@@H]1CC(C(C)(F)F)CCN1C2=O. The number of aromatic nitrogens is 2. The molecule has 1 fully saturated rings. The van der Waals surface area contributed by atoms with E-state index in [2.05, 4.69) is 9.72 Å². The number of carbonyl (C=O) groups is 2. The van der Waals surface area contributed by atoms with Crippen molar-refractivity contribution in [2.75, 3.05) is 25.5 Å². The van der Waals surface area contributed by atoms with E-state index in [9.17, 15) is 27.6 Å². The van der Waals surface area contributed by atoms with Gasteiger partial charge in [-0.3, -0.25) is 19.3 Å². The summed E-state index contributed by atoms with van der Waals surface area (Å²) in [4.78, 5) is 45.3. The van der Waals surface area contributed by atoms with E-state index in [1.165, 1.54) is 38.7 Å². The molecule has 0 radical (unpaired) electrons. The topological polar surface area (TPSA) is 103 Å². The molecule has 4 aromatic rings. The Morgan fingerprint density at radius 1 is 1.11 bits per heavy atom. The third kappa shape index (κ3) is 4.91. The molecule has 0 N–H and O–H groups in total. The first-order valence-electron chi connectivity index (χ1n) is 14.6. The number of fused-ring (bicyclic) bond motifs is 7. The van der Waals surface area contributed by atoms with Crippen LogP contribution in [0.2, 0.25) is 0 Å². The molecule has 4 heterocycles. The number of methoxy groups -OCH3 is 1. The van der Waals surface area contributed by atoms with Crippen LogP contribution in [0.5, 0.6) is 5.75 Å². The van der Waals surface area contributed by atoms with Crippen LogP contribution in [0.25, 0.3) is 21.7 Å². The summed E-state index contributed by atoms with van der Waals surface area (Å²) in [6.45, 7) is -0.0349. The molecule has 10 nitrogen and oxygen atoms in total. The number of halogens is 4. The molecule has 244 valence electrons. The molecule has 7 rings (SSSR count). The highest BCUT2D eigenvalue weighted by atomic mass is 32.1. The molecule has 1 saturated heterocycles. The number of benzene rings is 2. The van der Waals surface area contributed by atoms with Gasteiger partial charge in [0.2, 0.25) is 23.9 Å². The summed E-state index contributed by atoms with van der Waals surface area (Å²) in [6.07, 6.45) is -1.01. The normalized spacial score (nSPS) is 19.9. The number of thiazole rings is 1. The number of piperidine rings is 1. The summed E-state index contributed by atoms with van der Waals surface area (Å²) in [5.41, 5.74) is 2.18. The van der Waals surface area contributed by atoms with Crippen LogP contribution in [-0.2, 0) is 9.47 Å². The second-order valence-electron chi connectivity index (χ2n) is 11.4. The van der Waals surface area contributed by atoms with Crippen LogP contribution < -0.4 is 15.2 Å². The van der Waals surface area contributed by atoms with Gasteiger partial charge in [0.05, 0.1) is 29.2 Å². The zero-order valence-corrected chi connectivity index (χ0v) is 25.7. The van der Waals surface area contributed by atoms with Crippen LogP contribution in [0.1, 0.15) is 47.4 Å². The molecular formula is C32H26F4N4O6S. The van der Waals surface area contributed by atoms with E-state index >= 15 is 4.39 Å². The van der Waals surface area contributed by atoms with E-state index in [1.54, 1.807) is 29.3 Å². The maximum Gasteiger partial charge on any atom is 0.510 e. The van der Waals surface area contributed by atoms with Crippen molar-refractivity contribution in [3.05, 3.63) is 92.9 Å². The summed E-state index contributed by atoms with van der Waals surface area (Å²) >= 11 is 1.24. The number of alkyl halides is 2. The first kappa shape index (κ1) is 30.7. The number of amides is 1. The highest BCUT2D eigenvalue weighted by molar-refractivity contribution is 7.13. The van der Waals surface area contributed by atoms with E-state index in [0.717, 1.165) is 26.2 Å². The van der Waals surface area contributed by atoms with Crippen LogP contribution in [0.15, 0.2) is 59.0 Å². The Kier molecular flexibility index (Phi) is 7.45. The minimum absolute atomic E-state index is 0.0306. The van der Waals surface area contributed by atoms with Gasteiger partial charge in [0.25, 0.3) is 5.91 Å². The minimum atomic E-state index is -3.09. The zero-order valence-electron chi connectivity index (χ0n) is 24.9. The summed E-state index contributed by atoms with van der Waals surface area (Å²) in [5, 5.41) is 1.63. The fraction of sp³-hybridized carbons (Fsp3) is 0.312. The smallest absolute Gasteiger partial charge is 0.451 e. The lowest BCUT2D eigenvalue weighted by Crippen LogP contribution is -2.65. The van der Waals surface area contributed by atoms with Crippen LogP contribution in [0.4, 0.5) is 22.4 Å². The standard InChI is InChI=1S/C32H26F4N4O6S/c1-32(35,36)16-9-11-38-22(13-16)40(39-12-10-21(41)28(27(39)30(38)42)45-15-46-31(43)44-2)26-17-5-3-4-6-18(17)29-25(37-14-47-29)23-19(26)7-8-20(33)24(23)34/h3-8,10,12,14,16,22,26H,9,11,13,15H2,1-2H3/t16?,22-,26-/m1/s1. The van der Waals surface area contributed by atoms with Crippen molar-refractivity contribution in [3.63, 3.8) is 0 Å². The highest BCUT2D eigenvalue weighted by Crippen LogP contribution is 2.51. The average molecular weight is 671 g/mol. The second-order valence-corrected chi connectivity index (χ2v) is 12.3. The van der Waals surface area contributed by atoms with Crippen molar-refractivity contribution in [1.29, 1.82) is 0 Å². The van der Waals surface area contributed by atoms with E-state index in [4.69, 9.17) is 9.47 Å². The van der Waals surface area contributed by atoms with Crippen LogP contribution in [0, 0.1) is 17.6 Å². The van der Waals surface area contributed by atoms with Crippen molar-refractivity contribution in [1.82, 2.24) is 14.6 Å². The highest BCUT2D eigenvalue weighted by Gasteiger charge is 2.51. The molecule has 15 heteroatoms. The third-order valence-corrected chi connectivity index (χ3v) is 9.74. The van der Waals surface area contributed by atoms with Crippen LogP contribution in [-0.4, -0.2) is 59.2 Å². The summed E-state index contributed by atoms with van der Waals surface area (Å²) < 4.78 is 76.8. The van der Waals surface area contributed by atoms with Gasteiger partial charge in [0, 0.05) is 30.3 Å². The molecule has 1 aliphatic carbocycles. The summed E-state index contributed by atoms with van der Waals surface area (Å²) in [5.74, 6) is -7.59. The van der Waals surface area contributed by atoms with E-state index in [-0.39, 0.29) is 41.9 Å². The molecule has 2 aromatic heterocycles. The zero-order chi connectivity index (χ0) is 33.2. The predicted octanol–water partition coefficient (Wildman–Crippen LogP) is 5.92. The lowest BCUT2D eigenvalue weighted by atomic mass is 9.86. The number of ether oxygens (including phenoxy) is 3. The van der Waals surface area contributed by atoms with Crippen LogP contribution >= 0.6 is 11.3 Å². The fourth-order valence-electron chi connectivity index (χ4n) is 6.74. The van der Waals surface area contributed by atoms with Gasteiger partial charge in [-0.25, -0.2) is 27.3 Å². The number of carbonyl (C=O) groups excluding carboxylic acids is 2. The molecule has 0 bridgehead atoms. The van der Waals surface area contributed by atoms with Gasteiger partial charge in [-0.15, -0.1) is 11.3 Å². The lowest BCUT2D eigenvalue weighted by Gasteiger charge is -2.53. The Labute approximate surface area is 268 Å². The van der Waals surface area contributed by atoms with Gasteiger partial charge in [-0.2, -0.15) is 0 Å². The molecule has 0 saturated carbocycles. The molecule has 0 spiro atoms. The third-order valence-electron chi connectivity index (χ3n) is 8.88. The van der Waals surface area contributed by atoms with Gasteiger partial charge >= 0.3 is 6.16 Å². The summed E-state index contributed by atoms with van der Waals surface area (Å²) in [7, 11) is 1.08. The summed E-state index contributed by atoms with van der Waals surface area (Å²) in [6, 6.07) is 9.66. The van der Waals surface area contributed by atoms with Crippen molar-refractivity contribution >= 4 is 23.4 Å². The Morgan fingerprint density at radius 2 is 1.89 bits per heavy atom. The van der Waals surface area contributed by atoms with E-state index < -0.39 is 65.7 Å². The maximum absolute atomic E-state index is 15.9. The molecule has 2 aromatic carbocycles. The molecule has 1 unspecified atom stereocenters. The van der Waals surface area contributed by atoms with E-state index in [1.807, 2.05) is 0 Å². The molecule has 3 atom stereocenters. The van der Waals surface area contributed by atoms with Gasteiger partial charge in [-0.1, -0.05) is 30.3 Å². The van der Waals surface area contributed by atoms with Crippen LogP contribution in [0.3, 0.4) is 0 Å². The quantitative estimate of drug-likeness (QED) is 0.147. The first-order chi connectivity index (χ1) is 22.5. The lowest BCUT2D eigenvalue weighted by molar-refractivity contribution is -0.0745. The van der Waals surface area contributed by atoms with Crippen molar-refractivity contribution in [2.24, 2.45) is 5.92 Å². The Bertz CT molecular complexity index is 1980. The largest absolute Gasteiger partial charge is 0.510 e. The molecular weight excluding hydrogens is 644 g/mol. The Hall–Kier alpha value is -4.92. The Balaban J connectivity index is 1.50. The molecule has 3 aliphatic rings. The minimum Gasteiger partial charge on any atom is -0.451 e. The number of rotatable bonds is 5. The molecule has 1 amide bonds. The fourth-order valence-corrected chi connectivity index (χ4v) is 7.59. The van der Waals surface area contributed by atoms with Gasteiger partial charge in [-0.05, 0) is 42.5 Å². The van der Waals surface area contributed by atoms with Crippen molar-refractivity contribution in [2.45, 2.75) is 37.9 Å². The Morgan fingerprint density at radius 3 is 2.66 bits per heavy atom. The number of hydrogen-bond donors (Lipinski definition) is 0. The number of pyridine rings is 1. The van der Waals surface area contributed by atoms with Gasteiger partial charge in [0.1, 0.15) is 6.17 Å².